The van der Waals surface area contributed by atoms with Gasteiger partial charge in [0.15, 0.2) is 5.76 Å². The summed E-state index contributed by atoms with van der Waals surface area (Å²) in [5, 5.41) is 0. The first kappa shape index (κ1) is 16.3. The van der Waals surface area contributed by atoms with Gasteiger partial charge in [0.25, 0.3) is 5.91 Å². The zero-order valence-electron chi connectivity index (χ0n) is 14.3. The van der Waals surface area contributed by atoms with Gasteiger partial charge in [-0.3, -0.25) is 4.79 Å². The van der Waals surface area contributed by atoms with Crippen LogP contribution in [0.2, 0.25) is 0 Å². The summed E-state index contributed by atoms with van der Waals surface area (Å²) in [6.07, 6.45) is 1.53. The summed E-state index contributed by atoms with van der Waals surface area (Å²) in [5.74, 6) is 0.243. The maximum Gasteiger partial charge on any atom is 0.294 e. The van der Waals surface area contributed by atoms with E-state index in [4.69, 9.17) is 4.42 Å². The van der Waals surface area contributed by atoms with E-state index in [1.807, 2.05) is 43.9 Å². The Labute approximate surface area is 132 Å². The molecular weight excluding hydrogens is 274 g/mol. The Morgan fingerprint density at radius 1 is 0.955 bits per heavy atom. The zero-order valence-corrected chi connectivity index (χ0v) is 14.3. The summed E-state index contributed by atoms with van der Waals surface area (Å²) >= 11 is 0. The largest absolute Gasteiger partial charge is 0.459 e. The number of hydrogen-bond acceptors (Lipinski definition) is 2. The van der Waals surface area contributed by atoms with Gasteiger partial charge in [-0.15, -0.1) is 0 Å². The molecule has 1 aromatic heterocycles. The molecule has 3 heteroatoms. The number of hydrogen-bond donors (Lipinski definition) is 0. The van der Waals surface area contributed by atoms with Crippen molar-refractivity contribution in [2.24, 2.45) is 0 Å². The van der Waals surface area contributed by atoms with Crippen molar-refractivity contribution in [2.75, 3.05) is 4.90 Å². The van der Waals surface area contributed by atoms with Crippen molar-refractivity contribution in [3.05, 3.63) is 54.0 Å². The van der Waals surface area contributed by atoms with E-state index in [9.17, 15) is 4.79 Å². The predicted molar refractivity (Wildman–Crippen MR) is 90.4 cm³/mol. The molecule has 0 saturated heterocycles. The van der Waals surface area contributed by atoms with Gasteiger partial charge in [-0.1, -0.05) is 39.0 Å². The SMILES string of the molecule is CC(C)(C)c1ccccc1N(C(=O)c1ccco1)C(C)(C)C. The molecule has 0 unspecified atom stereocenters. The van der Waals surface area contributed by atoms with Crippen molar-refractivity contribution in [1.82, 2.24) is 0 Å². The molecule has 0 aliphatic carbocycles. The average molecular weight is 299 g/mol. The van der Waals surface area contributed by atoms with Crippen LogP contribution in [0.25, 0.3) is 0 Å². The van der Waals surface area contributed by atoms with Crippen LogP contribution in [0.1, 0.15) is 57.7 Å². The number of benzene rings is 1. The number of carbonyl (C=O) groups is 1. The van der Waals surface area contributed by atoms with Gasteiger partial charge in [0.2, 0.25) is 0 Å². The fourth-order valence-corrected chi connectivity index (χ4v) is 2.59. The van der Waals surface area contributed by atoms with E-state index in [0.717, 1.165) is 11.3 Å². The highest BCUT2D eigenvalue weighted by Gasteiger charge is 2.33. The molecule has 22 heavy (non-hydrogen) atoms. The number of anilines is 1. The first-order valence-corrected chi connectivity index (χ1v) is 7.60. The third kappa shape index (κ3) is 3.24. The van der Waals surface area contributed by atoms with E-state index in [-0.39, 0.29) is 16.9 Å². The molecule has 3 nitrogen and oxygen atoms in total. The van der Waals surface area contributed by atoms with Gasteiger partial charge < -0.3 is 9.32 Å². The van der Waals surface area contributed by atoms with Crippen LogP contribution in [-0.2, 0) is 5.41 Å². The van der Waals surface area contributed by atoms with Gasteiger partial charge in [-0.2, -0.15) is 0 Å². The van der Waals surface area contributed by atoms with Gasteiger partial charge in [0.1, 0.15) is 0 Å². The fourth-order valence-electron chi connectivity index (χ4n) is 2.59. The van der Waals surface area contributed by atoms with Gasteiger partial charge in [0.05, 0.1) is 6.26 Å². The molecule has 0 aliphatic heterocycles. The summed E-state index contributed by atoms with van der Waals surface area (Å²) in [6, 6.07) is 11.5. The quantitative estimate of drug-likeness (QED) is 0.780. The molecule has 1 aromatic carbocycles. The van der Waals surface area contributed by atoms with Gasteiger partial charge in [-0.05, 0) is 49.9 Å². The highest BCUT2D eigenvalue weighted by Crippen LogP contribution is 2.36. The molecule has 0 atom stereocenters. The van der Waals surface area contributed by atoms with Crippen LogP contribution in [0.3, 0.4) is 0 Å². The van der Waals surface area contributed by atoms with E-state index in [2.05, 4.69) is 26.8 Å². The second kappa shape index (κ2) is 5.64. The molecular formula is C19H25NO2. The molecule has 1 heterocycles. The van der Waals surface area contributed by atoms with E-state index >= 15 is 0 Å². The Hall–Kier alpha value is -2.03. The molecule has 2 aromatic rings. The third-order valence-corrected chi connectivity index (χ3v) is 3.56. The molecule has 0 aliphatic rings. The lowest BCUT2D eigenvalue weighted by Gasteiger charge is -2.38. The minimum Gasteiger partial charge on any atom is -0.459 e. The lowest BCUT2D eigenvalue weighted by molar-refractivity contribution is 0.0938. The molecule has 2 rings (SSSR count). The molecule has 118 valence electrons. The predicted octanol–water partition coefficient (Wildman–Crippen LogP) is 5.02. The smallest absolute Gasteiger partial charge is 0.294 e. The van der Waals surface area contributed by atoms with Crippen LogP contribution in [0.4, 0.5) is 5.69 Å². The highest BCUT2D eigenvalue weighted by molar-refractivity contribution is 6.05. The van der Waals surface area contributed by atoms with Crippen LogP contribution in [0.15, 0.2) is 47.1 Å². The normalized spacial score (nSPS) is 12.3. The summed E-state index contributed by atoms with van der Waals surface area (Å²) in [6.45, 7) is 12.6. The average Bonchev–Trinajstić information content (AvgIpc) is 2.90. The van der Waals surface area contributed by atoms with Crippen LogP contribution >= 0.6 is 0 Å². The summed E-state index contributed by atoms with van der Waals surface area (Å²) < 4.78 is 5.33. The maximum atomic E-state index is 13.0. The number of para-hydroxylation sites is 1. The van der Waals surface area contributed by atoms with Crippen molar-refractivity contribution < 1.29 is 9.21 Å². The molecule has 0 fully saturated rings. The highest BCUT2D eigenvalue weighted by atomic mass is 16.3. The molecule has 0 radical (unpaired) electrons. The molecule has 0 bridgehead atoms. The molecule has 0 saturated carbocycles. The van der Waals surface area contributed by atoms with Crippen molar-refractivity contribution in [2.45, 2.75) is 52.5 Å². The topological polar surface area (TPSA) is 33.5 Å². The van der Waals surface area contributed by atoms with Gasteiger partial charge in [-0.25, -0.2) is 0 Å². The number of rotatable bonds is 2. The number of furan rings is 1. The van der Waals surface area contributed by atoms with Crippen molar-refractivity contribution >= 4 is 11.6 Å². The molecule has 0 spiro atoms. The first-order chi connectivity index (χ1) is 10.1. The molecule has 1 amide bonds. The Morgan fingerprint density at radius 3 is 2.09 bits per heavy atom. The van der Waals surface area contributed by atoms with Crippen molar-refractivity contribution in [1.29, 1.82) is 0 Å². The van der Waals surface area contributed by atoms with Crippen LogP contribution in [-0.4, -0.2) is 11.4 Å². The lowest BCUT2D eigenvalue weighted by Crippen LogP contribution is -2.46. The second-order valence-electron chi connectivity index (χ2n) is 7.56. The Kier molecular flexibility index (Phi) is 4.19. The minimum absolute atomic E-state index is 0.0520. The van der Waals surface area contributed by atoms with Gasteiger partial charge >= 0.3 is 0 Å². The van der Waals surface area contributed by atoms with Crippen molar-refractivity contribution in [3.8, 4) is 0 Å². The third-order valence-electron chi connectivity index (χ3n) is 3.56. The van der Waals surface area contributed by atoms with Gasteiger partial charge in [0, 0.05) is 11.2 Å². The summed E-state index contributed by atoms with van der Waals surface area (Å²) in [4.78, 5) is 14.8. The lowest BCUT2D eigenvalue weighted by atomic mass is 9.84. The van der Waals surface area contributed by atoms with E-state index in [1.165, 1.54) is 6.26 Å². The van der Waals surface area contributed by atoms with Crippen LogP contribution in [0.5, 0.6) is 0 Å². The minimum atomic E-state index is -0.356. The first-order valence-electron chi connectivity index (χ1n) is 7.60. The number of carbonyl (C=O) groups excluding carboxylic acids is 1. The van der Waals surface area contributed by atoms with E-state index in [0.29, 0.717) is 5.76 Å². The maximum absolute atomic E-state index is 13.0. The van der Waals surface area contributed by atoms with Crippen LogP contribution < -0.4 is 4.90 Å². The molecule has 0 N–H and O–H groups in total. The second-order valence-corrected chi connectivity index (χ2v) is 7.56. The summed E-state index contributed by atoms with van der Waals surface area (Å²) in [5.41, 5.74) is 1.67. The number of amides is 1. The Balaban J connectivity index is 2.60. The van der Waals surface area contributed by atoms with E-state index < -0.39 is 0 Å². The van der Waals surface area contributed by atoms with E-state index in [1.54, 1.807) is 12.1 Å². The zero-order chi connectivity index (χ0) is 16.5. The monoisotopic (exact) mass is 299 g/mol. The Morgan fingerprint density at radius 2 is 1.59 bits per heavy atom. The van der Waals surface area contributed by atoms with Crippen molar-refractivity contribution in [3.63, 3.8) is 0 Å². The summed E-state index contributed by atoms with van der Waals surface area (Å²) in [7, 11) is 0. The number of nitrogens with zero attached hydrogens (tertiary/aromatic N) is 1. The standard InChI is InChI=1S/C19H25NO2/c1-18(2,3)14-10-7-8-11-15(14)20(19(4,5)6)17(21)16-12-9-13-22-16/h7-13H,1-6H3. The van der Waals surface area contributed by atoms with Crippen LogP contribution in [0, 0.1) is 0 Å². The fraction of sp³-hybridized carbons (Fsp3) is 0.421. The Bertz CT molecular complexity index is 643.